The van der Waals surface area contributed by atoms with Crippen molar-refractivity contribution in [3.8, 4) is 0 Å². The van der Waals surface area contributed by atoms with Gasteiger partial charge in [0.25, 0.3) is 0 Å². The lowest BCUT2D eigenvalue weighted by Gasteiger charge is -2.40. The molecule has 2 heterocycles. The summed E-state index contributed by atoms with van der Waals surface area (Å²) < 4.78 is 38.1. The van der Waals surface area contributed by atoms with Gasteiger partial charge in [0.1, 0.15) is 5.82 Å². The second kappa shape index (κ2) is 5.72. The molecule has 1 aliphatic rings. The van der Waals surface area contributed by atoms with E-state index < -0.39 is 11.7 Å². The Kier molecular flexibility index (Phi) is 4.43. The number of carbonyl (C=O) groups is 1. The van der Waals surface area contributed by atoms with Crippen molar-refractivity contribution in [1.82, 2.24) is 10.3 Å². The van der Waals surface area contributed by atoms with Crippen molar-refractivity contribution in [2.24, 2.45) is 5.92 Å². The molecule has 1 aliphatic heterocycles. The van der Waals surface area contributed by atoms with Gasteiger partial charge in [-0.15, -0.1) is 0 Å². The van der Waals surface area contributed by atoms with Gasteiger partial charge in [-0.05, 0) is 42.8 Å². The predicted octanol–water partition coefficient (Wildman–Crippen LogP) is 3.21. The van der Waals surface area contributed by atoms with Crippen LogP contribution in [0.15, 0.2) is 16.7 Å². The van der Waals surface area contributed by atoms with Crippen LogP contribution in [0.5, 0.6) is 0 Å². The van der Waals surface area contributed by atoms with Crippen LogP contribution in [-0.4, -0.2) is 29.5 Å². The van der Waals surface area contributed by atoms with Crippen molar-refractivity contribution in [3.63, 3.8) is 0 Å². The van der Waals surface area contributed by atoms with E-state index in [0.29, 0.717) is 18.9 Å². The quantitative estimate of drug-likeness (QED) is 0.857. The summed E-state index contributed by atoms with van der Waals surface area (Å²) in [4.78, 5) is 17.6. The molecule has 0 radical (unpaired) electrons. The van der Waals surface area contributed by atoms with Crippen LogP contribution in [0.2, 0.25) is 0 Å². The molecule has 1 saturated heterocycles. The SMILES string of the molecule is CC(C)(C)NC(=O)C1CN(c2ncc(C(F)(F)F)cc2Br)C1. The van der Waals surface area contributed by atoms with Crippen LogP contribution in [-0.2, 0) is 11.0 Å². The summed E-state index contributed by atoms with van der Waals surface area (Å²) in [5, 5.41) is 2.89. The lowest BCUT2D eigenvalue weighted by Crippen LogP contribution is -2.56. The Hall–Kier alpha value is -1.31. The third-order valence-electron chi connectivity index (χ3n) is 3.20. The number of amides is 1. The molecule has 1 amide bonds. The van der Waals surface area contributed by atoms with Crippen LogP contribution in [0, 0.1) is 5.92 Å². The molecule has 22 heavy (non-hydrogen) atoms. The van der Waals surface area contributed by atoms with Crippen molar-refractivity contribution in [2.75, 3.05) is 18.0 Å². The normalized spacial score (nSPS) is 16.4. The van der Waals surface area contributed by atoms with Gasteiger partial charge in [-0.2, -0.15) is 13.2 Å². The predicted molar refractivity (Wildman–Crippen MR) is 80.5 cm³/mol. The molecule has 0 unspecified atom stereocenters. The lowest BCUT2D eigenvalue weighted by atomic mass is 9.97. The number of carbonyl (C=O) groups excluding carboxylic acids is 1. The Morgan fingerprint density at radius 2 is 1.95 bits per heavy atom. The number of pyridine rings is 1. The lowest BCUT2D eigenvalue weighted by molar-refractivity contribution is -0.137. The summed E-state index contributed by atoms with van der Waals surface area (Å²) in [6.45, 7) is 6.58. The van der Waals surface area contributed by atoms with Gasteiger partial charge in [-0.25, -0.2) is 4.98 Å². The number of rotatable bonds is 2. The summed E-state index contributed by atoms with van der Waals surface area (Å²) in [5.74, 6) is 0.204. The molecule has 0 aromatic carbocycles. The molecule has 0 atom stereocenters. The number of halogens is 4. The third kappa shape index (κ3) is 3.91. The molecular formula is C14H17BrF3N3O. The minimum Gasteiger partial charge on any atom is -0.354 e. The summed E-state index contributed by atoms with van der Waals surface area (Å²) >= 11 is 3.12. The van der Waals surface area contributed by atoms with Crippen LogP contribution >= 0.6 is 15.9 Å². The Bertz CT molecular complexity index is 578. The van der Waals surface area contributed by atoms with Crippen molar-refractivity contribution in [2.45, 2.75) is 32.5 Å². The Morgan fingerprint density at radius 1 is 1.36 bits per heavy atom. The highest BCUT2D eigenvalue weighted by atomic mass is 79.9. The number of aromatic nitrogens is 1. The topological polar surface area (TPSA) is 45.2 Å². The van der Waals surface area contributed by atoms with Gasteiger partial charge in [-0.1, -0.05) is 0 Å². The standard InChI is InChI=1S/C14H17BrF3N3O/c1-13(2,3)20-12(22)8-6-21(7-8)11-10(15)4-9(5-19-11)14(16,17)18/h4-5,8H,6-7H2,1-3H3,(H,20,22). The molecular weight excluding hydrogens is 363 g/mol. The van der Waals surface area contributed by atoms with E-state index in [4.69, 9.17) is 0 Å². The number of alkyl halides is 3. The molecule has 0 bridgehead atoms. The molecule has 1 aromatic heterocycles. The summed E-state index contributed by atoms with van der Waals surface area (Å²) in [6, 6.07) is 1.00. The average molecular weight is 380 g/mol. The van der Waals surface area contributed by atoms with Gasteiger partial charge in [0.05, 0.1) is 16.0 Å². The monoisotopic (exact) mass is 379 g/mol. The number of nitrogens with one attached hydrogen (secondary N) is 1. The van der Waals surface area contributed by atoms with E-state index in [9.17, 15) is 18.0 Å². The van der Waals surface area contributed by atoms with E-state index in [-0.39, 0.29) is 21.8 Å². The molecule has 0 saturated carbocycles. The van der Waals surface area contributed by atoms with Gasteiger partial charge < -0.3 is 10.2 Å². The average Bonchev–Trinajstić information content (AvgIpc) is 2.25. The maximum Gasteiger partial charge on any atom is 0.417 e. The second-order valence-corrected chi connectivity index (χ2v) is 7.22. The molecule has 8 heteroatoms. The molecule has 1 N–H and O–H groups in total. The Labute approximate surface area is 135 Å². The van der Waals surface area contributed by atoms with Crippen molar-refractivity contribution < 1.29 is 18.0 Å². The molecule has 0 spiro atoms. The molecule has 1 aromatic rings. The molecule has 4 nitrogen and oxygen atoms in total. The fourth-order valence-corrected chi connectivity index (χ4v) is 2.71. The highest BCUT2D eigenvalue weighted by Gasteiger charge is 2.37. The summed E-state index contributed by atoms with van der Waals surface area (Å²) in [7, 11) is 0. The molecule has 1 fully saturated rings. The first kappa shape index (κ1) is 17.1. The maximum atomic E-state index is 12.6. The fraction of sp³-hybridized carbons (Fsp3) is 0.571. The molecule has 122 valence electrons. The van der Waals surface area contributed by atoms with E-state index >= 15 is 0 Å². The number of hydrogen-bond acceptors (Lipinski definition) is 3. The van der Waals surface area contributed by atoms with Crippen LogP contribution in [0.3, 0.4) is 0 Å². The fourth-order valence-electron chi connectivity index (χ4n) is 2.11. The number of nitrogens with zero attached hydrogens (tertiary/aromatic N) is 2. The second-order valence-electron chi connectivity index (χ2n) is 6.37. The minimum absolute atomic E-state index is 0.0493. The van der Waals surface area contributed by atoms with Crippen LogP contribution in [0.4, 0.5) is 19.0 Å². The van der Waals surface area contributed by atoms with E-state index in [2.05, 4.69) is 26.2 Å². The zero-order valence-electron chi connectivity index (χ0n) is 12.5. The molecule has 2 rings (SSSR count). The van der Waals surface area contributed by atoms with E-state index in [1.165, 1.54) is 0 Å². The van der Waals surface area contributed by atoms with Gasteiger partial charge in [0.2, 0.25) is 5.91 Å². The van der Waals surface area contributed by atoms with Crippen molar-refractivity contribution >= 4 is 27.7 Å². The summed E-state index contributed by atoms with van der Waals surface area (Å²) in [6.07, 6.45) is -3.61. The first-order valence-electron chi connectivity index (χ1n) is 6.77. The highest BCUT2D eigenvalue weighted by molar-refractivity contribution is 9.10. The van der Waals surface area contributed by atoms with Gasteiger partial charge in [0.15, 0.2) is 0 Å². The van der Waals surface area contributed by atoms with Crippen molar-refractivity contribution in [1.29, 1.82) is 0 Å². The summed E-state index contributed by atoms with van der Waals surface area (Å²) in [5.41, 5.74) is -1.10. The Morgan fingerprint density at radius 3 is 2.41 bits per heavy atom. The van der Waals surface area contributed by atoms with E-state index in [1.807, 2.05) is 20.8 Å². The first-order valence-corrected chi connectivity index (χ1v) is 7.56. The van der Waals surface area contributed by atoms with Gasteiger partial charge in [0, 0.05) is 24.8 Å². The third-order valence-corrected chi connectivity index (χ3v) is 3.78. The molecule has 0 aliphatic carbocycles. The minimum atomic E-state index is -4.42. The number of anilines is 1. The largest absolute Gasteiger partial charge is 0.417 e. The zero-order chi connectivity index (χ0) is 16.7. The van der Waals surface area contributed by atoms with Crippen LogP contribution < -0.4 is 10.2 Å². The first-order chi connectivity index (χ1) is 9.97. The Balaban J connectivity index is 2.01. The van der Waals surface area contributed by atoms with Crippen LogP contribution in [0.1, 0.15) is 26.3 Å². The van der Waals surface area contributed by atoms with E-state index in [0.717, 1.165) is 12.3 Å². The number of hydrogen-bond donors (Lipinski definition) is 1. The smallest absolute Gasteiger partial charge is 0.354 e. The van der Waals surface area contributed by atoms with Crippen LogP contribution in [0.25, 0.3) is 0 Å². The zero-order valence-corrected chi connectivity index (χ0v) is 14.0. The maximum absolute atomic E-state index is 12.6. The van der Waals surface area contributed by atoms with Crippen molar-refractivity contribution in [3.05, 3.63) is 22.3 Å². The van der Waals surface area contributed by atoms with E-state index in [1.54, 1.807) is 4.90 Å². The highest BCUT2D eigenvalue weighted by Crippen LogP contribution is 2.35. The van der Waals surface area contributed by atoms with Gasteiger partial charge in [-0.3, -0.25) is 4.79 Å². The van der Waals surface area contributed by atoms with Gasteiger partial charge >= 0.3 is 6.18 Å².